The molecule has 5 N–H and O–H groups in total. The molecule has 0 spiro atoms. The molecule has 4 rings (SSSR count). The van der Waals surface area contributed by atoms with Gasteiger partial charge in [-0.2, -0.15) is 0 Å². The van der Waals surface area contributed by atoms with Gasteiger partial charge in [-0.15, -0.1) is 0 Å². The Morgan fingerprint density at radius 1 is 0.921 bits per heavy atom. The van der Waals surface area contributed by atoms with E-state index < -0.39 is 61.0 Å². The van der Waals surface area contributed by atoms with Gasteiger partial charge in [-0.1, -0.05) is 42.5 Å². The highest BCUT2D eigenvalue weighted by atomic mass is 16.7. The van der Waals surface area contributed by atoms with Gasteiger partial charge in [0.05, 0.1) is 11.7 Å². The maximum Gasteiger partial charge on any atom is 0.345 e. The van der Waals surface area contributed by atoms with Crippen molar-refractivity contribution in [2.24, 2.45) is 0 Å². The quantitative estimate of drug-likeness (QED) is 0.233. The highest BCUT2D eigenvalue weighted by Gasteiger charge is 2.46. The maximum absolute atomic E-state index is 12.5. The number of para-hydroxylation sites is 1. The van der Waals surface area contributed by atoms with Crippen LogP contribution in [0, 0.1) is 0 Å². The fourth-order valence-electron chi connectivity index (χ4n) is 4.14. The van der Waals surface area contributed by atoms with Crippen molar-refractivity contribution in [2.45, 2.75) is 61.9 Å². The van der Waals surface area contributed by atoms with E-state index in [0.29, 0.717) is 12.0 Å². The van der Waals surface area contributed by atoms with E-state index in [1.807, 2.05) is 0 Å². The van der Waals surface area contributed by atoms with Crippen LogP contribution in [0.15, 0.2) is 66.7 Å². The molecule has 1 aliphatic carbocycles. The van der Waals surface area contributed by atoms with Gasteiger partial charge in [-0.05, 0) is 37.1 Å². The second-order valence-corrected chi connectivity index (χ2v) is 9.10. The summed E-state index contributed by atoms with van der Waals surface area (Å²) < 4.78 is 21.8. The van der Waals surface area contributed by atoms with Crippen LogP contribution in [-0.2, 0) is 25.6 Å². The first-order valence-electron chi connectivity index (χ1n) is 12.1. The Hall–Kier alpha value is -3.32. The molecule has 11 heteroatoms. The molecule has 38 heavy (non-hydrogen) atoms. The molecule has 7 atom stereocenters. The van der Waals surface area contributed by atoms with Crippen LogP contribution in [0.2, 0.25) is 0 Å². The van der Waals surface area contributed by atoms with Crippen LogP contribution in [-0.4, -0.2) is 86.5 Å². The van der Waals surface area contributed by atoms with Crippen LogP contribution in [0.1, 0.15) is 28.8 Å². The number of rotatable bonds is 8. The van der Waals surface area contributed by atoms with E-state index in [1.54, 1.807) is 54.6 Å². The topological polar surface area (TPSA) is 172 Å². The zero-order valence-corrected chi connectivity index (χ0v) is 20.3. The van der Waals surface area contributed by atoms with Crippen molar-refractivity contribution < 1.29 is 54.1 Å². The third-order valence-corrected chi connectivity index (χ3v) is 6.44. The Morgan fingerprint density at radius 2 is 1.63 bits per heavy atom. The summed E-state index contributed by atoms with van der Waals surface area (Å²) in [6.07, 6.45) is -5.40. The lowest BCUT2D eigenvalue weighted by Gasteiger charge is -2.40. The molecule has 2 aliphatic rings. The number of benzene rings is 2. The van der Waals surface area contributed by atoms with Crippen molar-refractivity contribution in [1.82, 2.24) is 0 Å². The van der Waals surface area contributed by atoms with Gasteiger partial charge < -0.3 is 44.5 Å². The van der Waals surface area contributed by atoms with Crippen molar-refractivity contribution in [2.75, 3.05) is 6.61 Å². The fourth-order valence-corrected chi connectivity index (χ4v) is 4.14. The predicted molar refractivity (Wildman–Crippen MR) is 130 cm³/mol. The lowest BCUT2D eigenvalue weighted by molar-refractivity contribution is -0.277. The third kappa shape index (κ3) is 6.04. The summed E-state index contributed by atoms with van der Waals surface area (Å²) in [5.74, 6) is -1.57. The molecular formula is C27H30O11. The van der Waals surface area contributed by atoms with Crippen molar-refractivity contribution in [1.29, 1.82) is 0 Å². The molecule has 2 aromatic rings. The van der Waals surface area contributed by atoms with E-state index in [9.17, 15) is 35.1 Å². The first kappa shape index (κ1) is 27.7. The number of ether oxygens (including phenoxy) is 4. The summed E-state index contributed by atoms with van der Waals surface area (Å²) in [6.45, 7) is -0.768. The van der Waals surface area contributed by atoms with Gasteiger partial charge in [0.1, 0.15) is 43.4 Å². The molecule has 0 saturated carbocycles. The Morgan fingerprint density at radius 3 is 2.37 bits per heavy atom. The number of aliphatic hydroxyl groups excluding tert-OH is 4. The van der Waals surface area contributed by atoms with Gasteiger partial charge in [0, 0.05) is 5.56 Å². The molecule has 0 aromatic heterocycles. The summed E-state index contributed by atoms with van der Waals surface area (Å²) in [7, 11) is 0. The molecule has 1 aliphatic heterocycles. The highest BCUT2D eigenvalue weighted by molar-refractivity contribution is 5.89. The van der Waals surface area contributed by atoms with Gasteiger partial charge in [0.2, 0.25) is 11.9 Å². The Labute approximate surface area is 218 Å². The van der Waals surface area contributed by atoms with Crippen LogP contribution < -0.4 is 4.74 Å². The van der Waals surface area contributed by atoms with E-state index in [4.69, 9.17) is 18.9 Å². The van der Waals surface area contributed by atoms with Crippen molar-refractivity contribution in [3.8, 4) is 5.75 Å². The Balaban J connectivity index is 1.41. The minimum atomic E-state index is -2.17. The SMILES string of the molecule is O=C(OC[C@H]1O[C@@H](Oc2ccccc2COC(=O)[C@]2(O)C=CCC[C@H]2O)[C@H](O)[C@@H](O)[C@@H]1O)c1ccccc1. The van der Waals surface area contributed by atoms with Crippen LogP contribution in [0.25, 0.3) is 0 Å². The molecule has 1 heterocycles. The van der Waals surface area contributed by atoms with Crippen LogP contribution in [0.3, 0.4) is 0 Å². The molecule has 204 valence electrons. The second-order valence-electron chi connectivity index (χ2n) is 9.10. The Kier molecular flexibility index (Phi) is 8.77. The first-order chi connectivity index (χ1) is 18.2. The third-order valence-electron chi connectivity index (χ3n) is 6.44. The molecule has 1 saturated heterocycles. The number of allylic oxidation sites excluding steroid dienone is 1. The number of esters is 2. The molecular weight excluding hydrogens is 500 g/mol. The number of carbonyl (C=O) groups excluding carboxylic acids is 2. The lowest BCUT2D eigenvalue weighted by atomic mass is 9.88. The maximum atomic E-state index is 12.5. The number of carbonyl (C=O) groups is 2. The largest absolute Gasteiger partial charge is 0.462 e. The average Bonchev–Trinajstić information content (AvgIpc) is 2.93. The second kappa shape index (κ2) is 12.0. The summed E-state index contributed by atoms with van der Waals surface area (Å²) in [4.78, 5) is 24.8. The number of hydrogen-bond donors (Lipinski definition) is 5. The molecule has 1 fully saturated rings. The van der Waals surface area contributed by atoms with Crippen molar-refractivity contribution in [3.63, 3.8) is 0 Å². The average molecular weight is 531 g/mol. The van der Waals surface area contributed by atoms with Crippen LogP contribution in [0.5, 0.6) is 5.75 Å². The molecule has 0 bridgehead atoms. The Bertz CT molecular complexity index is 1140. The molecule has 0 unspecified atom stereocenters. The van der Waals surface area contributed by atoms with E-state index in [1.165, 1.54) is 12.1 Å². The summed E-state index contributed by atoms with van der Waals surface area (Å²) in [5, 5.41) is 51.8. The predicted octanol–water partition coefficient (Wildman–Crippen LogP) is 0.215. The van der Waals surface area contributed by atoms with Gasteiger partial charge >= 0.3 is 11.9 Å². The van der Waals surface area contributed by atoms with Crippen molar-refractivity contribution in [3.05, 3.63) is 77.9 Å². The first-order valence-corrected chi connectivity index (χ1v) is 12.1. The van der Waals surface area contributed by atoms with Gasteiger partial charge in [0.25, 0.3) is 0 Å². The fraction of sp³-hybridized carbons (Fsp3) is 0.407. The van der Waals surface area contributed by atoms with E-state index in [-0.39, 0.29) is 24.3 Å². The smallest absolute Gasteiger partial charge is 0.345 e. The lowest BCUT2D eigenvalue weighted by Crippen LogP contribution is -2.60. The van der Waals surface area contributed by atoms with Crippen LogP contribution in [0.4, 0.5) is 0 Å². The minimum Gasteiger partial charge on any atom is -0.462 e. The number of aliphatic hydroxyl groups is 5. The van der Waals surface area contributed by atoms with Crippen molar-refractivity contribution >= 4 is 11.9 Å². The summed E-state index contributed by atoms with van der Waals surface area (Å²) in [5.41, 5.74) is -1.54. The summed E-state index contributed by atoms with van der Waals surface area (Å²) >= 11 is 0. The van der Waals surface area contributed by atoms with E-state index in [0.717, 1.165) is 0 Å². The normalized spacial score (nSPS) is 30.9. The van der Waals surface area contributed by atoms with E-state index >= 15 is 0 Å². The number of hydrogen-bond acceptors (Lipinski definition) is 11. The van der Waals surface area contributed by atoms with E-state index in [2.05, 4.69) is 0 Å². The minimum absolute atomic E-state index is 0.125. The van der Waals surface area contributed by atoms with Gasteiger partial charge in [-0.3, -0.25) is 0 Å². The standard InChI is InChI=1S/C27H30O11/c28-20-12-6-7-13-27(20,34)26(33)36-14-17-10-4-5-11-18(17)37-25-23(31)22(30)21(29)19(38-25)15-35-24(32)16-8-2-1-3-9-16/h1-5,7-11,13,19-23,25,28-31,34H,6,12,14-15H2/t19-,20-,21-,22+,23-,25-,27+/m1/s1. The summed E-state index contributed by atoms with van der Waals surface area (Å²) in [6, 6.07) is 14.5. The monoisotopic (exact) mass is 530 g/mol. The zero-order chi connectivity index (χ0) is 27.3. The van der Waals surface area contributed by atoms with Crippen LogP contribution >= 0.6 is 0 Å². The van der Waals surface area contributed by atoms with Gasteiger partial charge in [0.15, 0.2) is 0 Å². The molecule has 2 aromatic carbocycles. The molecule has 11 nitrogen and oxygen atoms in total. The molecule has 0 amide bonds. The highest BCUT2D eigenvalue weighted by Crippen LogP contribution is 2.29. The zero-order valence-electron chi connectivity index (χ0n) is 20.3. The van der Waals surface area contributed by atoms with Gasteiger partial charge in [-0.25, -0.2) is 9.59 Å². The molecule has 0 radical (unpaired) electrons.